The molecule has 0 aliphatic rings. The molecule has 1 heterocycles. The average Bonchev–Trinajstić information content (AvgIpc) is 2.62. The van der Waals surface area contributed by atoms with Gasteiger partial charge in [-0.15, -0.1) is 0 Å². The SMILES string of the molecule is COc1ccc(C(N)c2cc(-c3ccccc3)n[nH]c2=O)cc1. The molecule has 116 valence electrons. The number of H-pyrrole nitrogens is 1. The third kappa shape index (κ3) is 3.14. The molecule has 5 heteroatoms. The molecule has 0 amide bonds. The van der Waals surface area contributed by atoms with E-state index in [-0.39, 0.29) is 5.56 Å². The standard InChI is InChI=1S/C18H17N3O2/c1-23-14-9-7-13(8-10-14)17(19)15-11-16(20-21-18(15)22)12-5-3-2-4-6-12/h2-11,17H,19H2,1H3,(H,21,22). The Morgan fingerprint density at radius 2 is 1.78 bits per heavy atom. The molecule has 3 N–H and O–H groups in total. The number of nitrogens with one attached hydrogen (secondary N) is 1. The zero-order valence-electron chi connectivity index (χ0n) is 12.7. The number of methoxy groups -OCH3 is 1. The van der Waals surface area contributed by atoms with Crippen LogP contribution < -0.4 is 16.0 Å². The minimum absolute atomic E-state index is 0.284. The summed E-state index contributed by atoms with van der Waals surface area (Å²) in [5.74, 6) is 0.745. The van der Waals surface area contributed by atoms with Gasteiger partial charge in [-0.25, -0.2) is 5.10 Å². The zero-order chi connectivity index (χ0) is 16.2. The number of nitrogens with zero attached hydrogens (tertiary/aromatic N) is 1. The molecule has 0 aliphatic heterocycles. The predicted octanol–water partition coefficient (Wildman–Crippen LogP) is 2.49. The van der Waals surface area contributed by atoms with Crippen LogP contribution in [0.3, 0.4) is 0 Å². The van der Waals surface area contributed by atoms with E-state index < -0.39 is 6.04 Å². The third-order valence-corrected chi connectivity index (χ3v) is 3.71. The van der Waals surface area contributed by atoms with Gasteiger partial charge < -0.3 is 10.5 Å². The van der Waals surface area contributed by atoms with Crippen molar-refractivity contribution in [1.29, 1.82) is 0 Å². The molecule has 1 unspecified atom stereocenters. The van der Waals surface area contributed by atoms with Crippen molar-refractivity contribution in [3.8, 4) is 17.0 Å². The van der Waals surface area contributed by atoms with Crippen LogP contribution in [0.5, 0.6) is 5.75 Å². The lowest BCUT2D eigenvalue weighted by atomic mass is 9.99. The highest BCUT2D eigenvalue weighted by atomic mass is 16.5. The summed E-state index contributed by atoms with van der Waals surface area (Å²) in [6, 6.07) is 18.2. The smallest absolute Gasteiger partial charge is 0.269 e. The highest BCUT2D eigenvalue weighted by molar-refractivity contribution is 5.59. The number of aromatic amines is 1. The molecule has 1 atom stereocenters. The number of nitrogens with two attached hydrogens (primary N) is 1. The Kier molecular flexibility index (Phi) is 4.21. The summed E-state index contributed by atoms with van der Waals surface area (Å²) >= 11 is 0. The first kappa shape index (κ1) is 15.0. The van der Waals surface area contributed by atoms with Crippen molar-refractivity contribution in [2.75, 3.05) is 7.11 Å². The predicted molar refractivity (Wildman–Crippen MR) is 89.3 cm³/mol. The molecule has 3 aromatic rings. The number of ether oxygens (including phenoxy) is 1. The fourth-order valence-electron chi connectivity index (χ4n) is 2.40. The Labute approximate surface area is 133 Å². The van der Waals surface area contributed by atoms with E-state index in [4.69, 9.17) is 10.5 Å². The van der Waals surface area contributed by atoms with E-state index >= 15 is 0 Å². The second-order valence-corrected chi connectivity index (χ2v) is 5.15. The molecule has 0 spiro atoms. The Morgan fingerprint density at radius 3 is 2.43 bits per heavy atom. The molecule has 2 aromatic carbocycles. The van der Waals surface area contributed by atoms with Gasteiger partial charge >= 0.3 is 0 Å². The van der Waals surface area contributed by atoms with Crippen molar-refractivity contribution in [3.63, 3.8) is 0 Å². The molecular formula is C18H17N3O2. The van der Waals surface area contributed by atoms with Crippen LogP contribution in [-0.2, 0) is 0 Å². The number of rotatable bonds is 4. The van der Waals surface area contributed by atoms with Crippen LogP contribution in [0.15, 0.2) is 65.5 Å². The van der Waals surface area contributed by atoms with Gasteiger partial charge in [-0.2, -0.15) is 5.10 Å². The normalized spacial score (nSPS) is 11.9. The van der Waals surface area contributed by atoms with E-state index in [1.807, 2.05) is 54.6 Å². The fourth-order valence-corrected chi connectivity index (χ4v) is 2.40. The van der Waals surface area contributed by atoms with Gasteiger partial charge in [0.05, 0.1) is 18.8 Å². The van der Waals surface area contributed by atoms with E-state index in [0.29, 0.717) is 11.3 Å². The Morgan fingerprint density at radius 1 is 1.09 bits per heavy atom. The maximum atomic E-state index is 12.1. The lowest BCUT2D eigenvalue weighted by molar-refractivity contribution is 0.414. The van der Waals surface area contributed by atoms with E-state index in [2.05, 4.69) is 10.2 Å². The number of aromatic nitrogens is 2. The first-order valence-electron chi connectivity index (χ1n) is 7.23. The maximum absolute atomic E-state index is 12.1. The molecule has 0 saturated carbocycles. The summed E-state index contributed by atoms with van der Waals surface area (Å²) < 4.78 is 5.14. The monoisotopic (exact) mass is 307 g/mol. The van der Waals surface area contributed by atoms with Crippen molar-refractivity contribution >= 4 is 0 Å². The molecule has 0 saturated heterocycles. The molecule has 0 radical (unpaired) electrons. The molecule has 3 rings (SSSR count). The highest BCUT2D eigenvalue weighted by Crippen LogP contribution is 2.22. The van der Waals surface area contributed by atoms with Gasteiger partial charge in [0, 0.05) is 11.1 Å². The summed E-state index contributed by atoms with van der Waals surface area (Å²) in [5.41, 5.74) is 8.90. The second kappa shape index (κ2) is 6.46. The first-order chi connectivity index (χ1) is 11.2. The Bertz CT molecular complexity index is 842. The van der Waals surface area contributed by atoms with Gasteiger partial charge in [-0.3, -0.25) is 4.79 Å². The van der Waals surface area contributed by atoms with Gasteiger partial charge in [-0.1, -0.05) is 42.5 Å². The van der Waals surface area contributed by atoms with Crippen LogP contribution in [0, 0.1) is 0 Å². The summed E-state index contributed by atoms with van der Waals surface area (Å²) in [6.07, 6.45) is 0. The molecular weight excluding hydrogens is 290 g/mol. The van der Waals surface area contributed by atoms with Crippen molar-refractivity contribution in [2.45, 2.75) is 6.04 Å². The highest BCUT2D eigenvalue weighted by Gasteiger charge is 2.15. The lowest BCUT2D eigenvalue weighted by Gasteiger charge is -2.13. The van der Waals surface area contributed by atoms with Crippen molar-refractivity contribution in [1.82, 2.24) is 10.2 Å². The minimum atomic E-state index is -0.532. The zero-order valence-corrected chi connectivity index (χ0v) is 12.7. The number of hydrogen-bond acceptors (Lipinski definition) is 4. The van der Waals surface area contributed by atoms with Gasteiger partial charge in [-0.05, 0) is 23.8 Å². The average molecular weight is 307 g/mol. The minimum Gasteiger partial charge on any atom is -0.497 e. The number of benzene rings is 2. The molecule has 0 aliphatic carbocycles. The molecule has 23 heavy (non-hydrogen) atoms. The van der Waals surface area contributed by atoms with Crippen LogP contribution in [0.4, 0.5) is 0 Å². The van der Waals surface area contributed by atoms with Crippen LogP contribution in [0.1, 0.15) is 17.2 Å². The van der Waals surface area contributed by atoms with E-state index in [0.717, 1.165) is 16.9 Å². The second-order valence-electron chi connectivity index (χ2n) is 5.15. The van der Waals surface area contributed by atoms with Gasteiger partial charge in [0.15, 0.2) is 0 Å². The van der Waals surface area contributed by atoms with Crippen LogP contribution in [0.2, 0.25) is 0 Å². The first-order valence-corrected chi connectivity index (χ1v) is 7.23. The van der Waals surface area contributed by atoms with Crippen LogP contribution >= 0.6 is 0 Å². The maximum Gasteiger partial charge on any atom is 0.269 e. The topological polar surface area (TPSA) is 81.0 Å². The van der Waals surface area contributed by atoms with Gasteiger partial charge in [0.2, 0.25) is 0 Å². The number of hydrogen-bond donors (Lipinski definition) is 2. The largest absolute Gasteiger partial charge is 0.497 e. The molecule has 1 aromatic heterocycles. The van der Waals surface area contributed by atoms with Crippen LogP contribution in [0.25, 0.3) is 11.3 Å². The van der Waals surface area contributed by atoms with E-state index in [9.17, 15) is 4.79 Å². The quantitative estimate of drug-likeness (QED) is 0.776. The van der Waals surface area contributed by atoms with E-state index in [1.165, 1.54) is 0 Å². The van der Waals surface area contributed by atoms with Gasteiger partial charge in [0.25, 0.3) is 5.56 Å². The Hall–Kier alpha value is -2.92. The lowest BCUT2D eigenvalue weighted by Crippen LogP contribution is -2.23. The molecule has 5 nitrogen and oxygen atoms in total. The van der Waals surface area contributed by atoms with Crippen molar-refractivity contribution in [2.24, 2.45) is 5.73 Å². The van der Waals surface area contributed by atoms with Crippen molar-refractivity contribution < 1.29 is 4.74 Å². The van der Waals surface area contributed by atoms with Crippen LogP contribution in [-0.4, -0.2) is 17.3 Å². The van der Waals surface area contributed by atoms with Crippen molar-refractivity contribution in [3.05, 3.63) is 82.1 Å². The summed E-state index contributed by atoms with van der Waals surface area (Å²) in [7, 11) is 1.61. The fraction of sp³-hybridized carbons (Fsp3) is 0.111. The Balaban J connectivity index is 1.99. The summed E-state index contributed by atoms with van der Waals surface area (Å²) in [4.78, 5) is 12.1. The summed E-state index contributed by atoms with van der Waals surface area (Å²) in [5, 5.41) is 6.63. The van der Waals surface area contributed by atoms with E-state index in [1.54, 1.807) is 13.2 Å². The van der Waals surface area contributed by atoms with Gasteiger partial charge in [0.1, 0.15) is 5.75 Å². The summed E-state index contributed by atoms with van der Waals surface area (Å²) in [6.45, 7) is 0. The third-order valence-electron chi connectivity index (χ3n) is 3.71. The molecule has 0 bridgehead atoms. The molecule has 0 fully saturated rings.